The second-order valence-electron chi connectivity index (χ2n) is 7.23. The summed E-state index contributed by atoms with van der Waals surface area (Å²) in [6, 6.07) is 8.28. The Morgan fingerprint density at radius 2 is 1.97 bits per heavy atom. The maximum Gasteiger partial charge on any atom is 0.387 e. The molecule has 176 valence electrons. The van der Waals surface area contributed by atoms with Gasteiger partial charge in [0.15, 0.2) is 11.5 Å². The van der Waals surface area contributed by atoms with Crippen LogP contribution >= 0.6 is 0 Å². The maximum absolute atomic E-state index is 13.3. The topological polar surface area (TPSA) is 117 Å². The number of benzene rings is 2. The SMILES string of the molecule is CCOc1cc(C(CC(=O)NO)N2Cc3cccc(NC(C)=O)c3C2=O)ccc1OC(F)F. The Kier molecular flexibility index (Phi) is 7.44. The molecule has 9 nitrogen and oxygen atoms in total. The smallest absolute Gasteiger partial charge is 0.387 e. The zero-order chi connectivity index (χ0) is 24.1. The van der Waals surface area contributed by atoms with Crippen LogP contribution < -0.4 is 20.3 Å². The van der Waals surface area contributed by atoms with Gasteiger partial charge in [0.25, 0.3) is 5.91 Å². The number of carbonyl (C=O) groups excluding carboxylic acids is 3. The van der Waals surface area contributed by atoms with E-state index in [1.54, 1.807) is 30.6 Å². The molecule has 1 heterocycles. The van der Waals surface area contributed by atoms with Crippen LogP contribution in [0.25, 0.3) is 0 Å². The van der Waals surface area contributed by atoms with E-state index in [-0.39, 0.29) is 37.0 Å². The van der Waals surface area contributed by atoms with Crippen molar-refractivity contribution >= 4 is 23.4 Å². The molecule has 3 N–H and O–H groups in total. The number of carbonyl (C=O) groups is 3. The number of fused-ring (bicyclic) bond motifs is 1. The molecule has 0 aliphatic carbocycles. The lowest BCUT2D eigenvalue weighted by atomic mass is 10.0. The molecule has 2 aromatic carbocycles. The van der Waals surface area contributed by atoms with E-state index in [0.29, 0.717) is 22.4 Å². The predicted octanol–water partition coefficient (Wildman–Crippen LogP) is 3.24. The number of alkyl halides is 2. The summed E-state index contributed by atoms with van der Waals surface area (Å²) in [6.07, 6.45) is -0.313. The third kappa shape index (κ3) is 5.37. The molecular weight excluding hydrogens is 440 g/mol. The quantitative estimate of drug-likeness (QED) is 0.388. The zero-order valence-corrected chi connectivity index (χ0v) is 17.9. The first kappa shape index (κ1) is 23.9. The zero-order valence-electron chi connectivity index (χ0n) is 17.9. The standard InChI is InChI=1S/C22H23F2N3O6/c1-3-32-18-9-13(7-8-17(18)33-22(23)24)16(10-19(29)26-31)27-11-14-5-4-6-15(25-12(2)28)20(14)21(27)30/h4-9,16,22,31H,3,10-11H2,1-2H3,(H,25,28)(H,26,29). The van der Waals surface area contributed by atoms with Crippen molar-refractivity contribution in [2.24, 2.45) is 0 Å². The van der Waals surface area contributed by atoms with Crippen LogP contribution in [0.5, 0.6) is 11.5 Å². The summed E-state index contributed by atoms with van der Waals surface area (Å²) in [5.41, 5.74) is 3.24. The summed E-state index contributed by atoms with van der Waals surface area (Å²) >= 11 is 0. The van der Waals surface area contributed by atoms with Crippen molar-refractivity contribution in [3.8, 4) is 11.5 Å². The van der Waals surface area contributed by atoms with Gasteiger partial charge in [-0.1, -0.05) is 18.2 Å². The van der Waals surface area contributed by atoms with E-state index in [2.05, 4.69) is 10.1 Å². The highest BCUT2D eigenvalue weighted by Gasteiger charge is 2.36. The Morgan fingerprint density at radius 1 is 1.21 bits per heavy atom. The summed E-state index contributed by atoms with van der Waals surface area (Å²) in [6.45, 7) is 0.222. The van der Waals surface area contributed by atoms with E-state index in [1.165, 1.54) is 30.0 Å². The molecule has 0 spiro atoms. The Morgan fingerprint density at radius 3 is 2.61 bits per heavy atom. The van der Waals surface area contributed by atoms with E-state index in [1.807, 2.05) is 0 Å². The van der Waals surface area contributed by atoms with E-state index in [4.69, 9.17) is 9.94 Å². The molecule has 2 aromatic rings. The van der Waals surface area contributed by atoms with Gasteiger partial charge < -0.3 is 19.7 Å². The number of rotatable bonds is 9. The minimum atomic E-state index is -3.06. The molecule has 33 heavy (non-hydrogen) atoms. The Bertz CT molecular complexity index is 1060. The summed E-state index contributed by atoms with van der Waals surface area (Å²) in [5.74, 6) is -1.70. The highest BCUT2D eigenvalue weighted by molar-refractivity contribution is 6.06. The molecule has 3 rings (SSSR count). The molecule has 0 aromatic heterocycles. The Balaban J connectivity index is 2.02. The first-order chi connectivity index (χ1) is 15.7. The van der Waals surface area contributed by atoms with Crippen LogP contribution in [0.3, 0.4) is 0 Å². The van der Waals surface area contributed by atoms with Gasteiger partial charge in [-0.05, 0) is 36.2 Å². The lowest BCUT2D eigenvalue weighted by Gasteiger charge is -2.28. The third-order valence-corrected chi connectivity index (χ3v) is 5.02. The molecule has 0 fully saturated rings. The van der Waals surface area contributed by atoms with E-state index in [9.17, 15) is 23.2 Å². The van der Waals surface area contributed by atoms with E-state index >= 15 is 0 Å². The van der Waals surface area contributed by atoms with Gasteiger partial charge >= 0.3 is 6.61 Å². The Labute approximate surface area is 188 Å². The van der Waals surface area contributed by atoms with Crippen LogP contribution in [0.4, 0.5) is 14.5 Å². The van der Waals surface area contributed by atoms with E-state index < -0.39 is 24.5 Å². The molecule has 11 heteroatoms. The van der Waals surface area contributed by atoms with Crippen molar-refractivity contribution in [3.63, 3.8) is 0 Å². The van der Waals surface area contributed by atoms with Crippen LogP contribution in [0.1, 0.15) is 47.8 Å². The monoisotopic (exact) mass is 463 g/mol. The van der Waals surface area contributed by atoms with Gasteiger partial charge in [-0.15, -0.1) is 0 Å². The van der Waals surface area contributed by atoms with Gasteiger partial charge in [-0.25, -0.2) is 5.48 Å². The van der Waals surface area contributed by atoms with Crippen LogP contribution in [0, 0.1) is 0 Å². The van der Waals surface area contributed by atoms with Gasteiger partial charge in [0.2, 0.25) is 11.8 Å². The predicted molar refractivity (Wildman–Crippen MR) is 112 cm³/mol. The van der Waals surface area contributed by atoms with Crippen LogP contribution in [-0.4, -0.2) is 41.0 Å². The molecule has 0 radical (unpaired) electrons. The van der Waals surface area contributed by atoms with Gasteiger partial charge in [0, 0.05) is 13.5 Å². The minimum absolute atomic E-state index is 0.0211. The van der Waals surface area contributed by atoms with Crippen molar-refractivity contribution in [3.05, 3.63) is 53.1 Å². The highest BCUT2D eigenvalue weighted by Crippen LogP contribution is 2.39. The fraction of sp³-hybridized carbons (Fsp3) is 0.318. The summed E-state index contributed by atoms with van der Waals surface area (Å²) in [7, 11) is 0. The lowest BCUT2D eigenvalue weighted by Crippen LogP contribution is -2.33. The number of hydroxylamine groups is 1. The molecule has 1 aliphatic rings. The van der Waals surface area contributed by atoms with Crippen molar-refractivity contribution in [1.82, 2.24) is 10.4 Å². The number of anilines is 1. The average molecular weight is 463 g/mol. The first-order valence-corrected chi connectivity index (χ1v) is 10.1. The molecule has 0 bridgehead atoms. The number of hydrogen-bond donors (Lipinski definition) is 3. The number of nitrogens with one attached hydrogen (secondary N) is 2. The van der Waals surface area contributed by atoms with Crippen molar-refractivity contribution in [1.29, 1.82) is 0 Å². The second kappa shape index (κ2) is 10.3. The van der Waals surface area contributed by atoms with Crippen molar-refractivity contribution < 1.29 is 37.8 Å². The van der Waals surface area contributed by atoms with Crippen LogP contribution in [0.15, 0.2) is 36.4 Å². The number of nitrogens with zero attached hydrogens (tertiary/aromatic N) is 1. The minimum Gasteiger partial charge on any atom is -0.490 e. The van der Waals surface area contributed by atoms with Crippen LogP contribution in [-0.2, 0) is 16.1 Å². The number of ether oxygens (including phenoxy) is 2. The summed E-state index contributed by atoms with van der Waals surface area (Å²) < 4.78 is 35.4. The summed E-state index contributed by atoms with van der Waals surface area (Å²) in [5, 5.41) is 11.7. The fourth-order valence-corrected chi connectivity index (χ4v) is 3.75. The van der Waals surface area contributed by atoms with E-state index in [0.717, 1.165) is 0 Å². The summed E-state index contributed by atoms with van der Waals surface area (Å²) in [4.78, 5) is 38.3. The lowest BCUT2D eigenvalue weighted by molar-refractivity contribution is -0.130. The second-order valence-corrected chi connectivity index (χ2v) is 7.23. The van der Waals surface area contributed by atoms with Crippen molar-refractivity contribution in [2.45, 2.75) is 39.5 Å². The molecule has 1 unspecified atom stereocenters. The van der Waals surface area contributed by atoms with Gasteiger partial charge in [0.1, 0.15) is 0 Å². The maximum atomic E-state index is 13.3. The first-order valence-electron chi connectivity index (χ1n) is 10.1. The normalized spacial score (nSPS) is 13.5. The molecule has 1 aliphatic heterocycles. The van der Waals surface area contributed by atoms with Gasteiger partial charge in [-0.3, -0.25) is 19.6 Å². The fourth-order valence-electron chi connectivity index (χ4n) is 3.75. The molecule has 1 atom stereocenters. The van der Waals surface area contributed by atoms with Crippen molar-refractivity contribution in [2.75, 3.05) is 11.9 Å². The van der Waals surface area contributed by atoms with Crippen LogP contribution in [0.2, 0.25) is 0 Å². The average Bonchev–Trinajstić information content (AvgIpc) is 3.10. The molecule has 3 amide bonds. The number of halogens is 2. The molecular formula is C22H23F2N3O6. The third-order valence-electron chi connectivity index (χ3n) is 5.02. The molecule has 0 saturated carbocycles. The van der Waals surface area contributed by atoms with Gasteiger partial charge in [-0.2, -0.15) is 8.78 Å². The van der Waals surface area contributed by atoms with Gasteiger partial charge in [0.05, 0.1) is 30.3 Å². The number of hydrogen-bond acceptors (Lipinski definition) is 6. The number of amides is 3. The largest absolute Gasteiger partial charge is 0.490 e. The highest BCUT2D eigenvalue weighted by atomic mass is 19.3. The molecule has 0 saturated heterocycles. The Hall–Kier alpha value is -3.73.